The number of aryl methyl sites for hydroxylation is 1. The van der Waals surface area contributed by atoms with Crippen LogP contribution in [0.3, 0.4) is 0 Å². The van der Waals surface area contributed by atoms with Crippen molar-refractivity contribution in [3.8, 4) is 6.07 Å². The Kier molecular flexibility index (Phi) is 5.60. The van der Waals surface area contributed by atoms with Gasteiger partial charge in [0.25, 0.3) is 5.91 Å². The maximum absolute atomic E-state index is 13.4. The van der Waals surface area contributed by atoms with Gasteiger partial charge in [0.15, 0.2) is 0 Å². The van der Waals surface area contributed by atoms with E-state index >= 15 is 0 Å². The number of carbonyl (C=O) groups excluding carboxylic acids is 1. The van der Waals surface area contributed by atoms with E-state index in [1.54, 1.807) is 6.07 Å². The lowest BCUT2D eigenvalue weighted by Gasteiger charge is -2.33. The van der Waals surface area contributed by atoms with Crippen molar-refractivity contribution in [3.63, 3.8) is 0 Å². The number of hydrogen-bond donors (Lipinski definition) is 2. The van der Waals surface area contributed by atoms with Crippen LogP contribution in [0.5, 0.6) is 0 Å². The highest BCUT2D eigenvalue weighted by Gasteiger charge is 2.73. The SMILES string of the molecule is C=C(Nc1ccc(C#N)cc1C)C(=O)N(CC)[C@@]12CCC[C@]1(NCc1ccccc1)C2. The number of nitrogens with zero attached hydrogens (tertiary/aromatic N) is 2. The highest BCUT2D eigenvalue weighted by Crippen LogP contribution is 2.63. The number of fused-ring (bicyclic) bond motifs is 1. The van der Waals surface area contributed by atoms with E-state index in [0.29, 0.717) is 17.8 Å². The van der Waals surface area contributed by atoms with Gasteiger partial charge in [-0.1, -0.05) is 36.9 Å². The fraction of sp³-hybridized carbons (Fsp3) is 0.385. The number of carbonyl (C=O) groups is 1. The molecule has 31 heavy (non-hydrogen) atoms. The summed E-state index contributed by atoms with van der Waals surface area (Å²) < 4.78 is 0. The fourth-order valence-electron chi connectivity index (χ4n) is 5.35. The molecule has 1 amide bonds. The molecule has 4 rings (SSSR count). The third kappa shape index (κ3) is 3.73. The van der Waals surface area contributed by atoms with E-state index in [-0.39, 0.29) is 17.0 Å². The number of likely N-dealkylation sites (N-methyl/N-ethyl adjacent to an activating group) is 1. The van der Waals surface area contributed by atoms with E-state index in [0.717, 1.165) is 43.5 Å². The Labute approximate surface area is 184 Å². The van der Waals surface area contributed by atoms with Crippen LogP contribution in [0.4, 0.5) is 5.69 Å². The first-order valence-electron chi connectivity index (χ1n) is 11.0. The molecule has 160 valence electrons. The zero-order valence-electron chi connectivity index (χ0n) is 18.4. The maximum atomic E-state index is 13.4. The van der Waals surface area contributed by atoms with Crippen molar-refractivity contribution in [2.45, 2.75) is 57.2 Å². The van der Waals surface area contributed by atoms with E-state index in [4.69, 9.17) is 5.26 Å². The monoisotopic (exact) mass is 414 g/mol. The number of hydrogen-bond acceptors (Lipinski definition) is 4. The standard InChI is InChI=1S/C26H30N4O/c1-4-30(24(31)20(3)29-23-12-11-22(16-27)15-19(23)2)26-14-8-13-25(26,18-26)28-17-21-9-6-5-7-10-21/h5-7,9-12,15,28-29H,3-4,8,13-14,17-18H2,1-2H3/t25-,26+/m0/s1. The first-order valence-corrected chi connectivity index (χ1v) is 11.0. The lowest BCUT2D eigenvalue weighted by atomic mass is 10.1. The molecule has 2 aromatic carbocycles. The summed E-state index contributed by atoms with van der Waals surface area (Å²) in [6, 6.07) is 18.0. The van der Waals surface area contributed by atoms with Gasteiger partial charge in [-0.05, 0) is 68.9 Å². The first-order chi connectivity index (χ1) is 14.9. The summed E-state index contributed by atoms with van der Waals surface area (Å²) in [4.78, 5) is 15.5. The summed E-state index contributed by atoms with van der Waals surface area (Å²) in [6.07, 6.45) is 4.24. The molecular weight excluding hydrogens is 384 g/mol. The third-order valence-electron chi connectivity index (χ3n) is 7.00. The van der Waals surface area contributed by atoms with E-state index in [1.807, 2.05) is 36.9 Å². The maximum Gasteiger partial charge on any atom is 0.270 e. The molecule has 5 heteroatoms. The van der Waals surface area contributed by atoms with Crippen molar-refractivity contribution in [2.75, 3.05) is 11.9 Å². The number of rotatable bonds is 8. The molecular formula is C26H30N4O. The van der Waals surface area contributed by atoms with Crippen molar-refractivity contribution >= 4 is 11.6 Å². The number of nitrogens with one attached hydrogen (secondary N) is 2. The van der Waals surface area contributed by atoms with Crippen molar-refractivity contribution in [3.05, 3.63) is 77.5 Å². The first kappa shape index (κ1) is 21.1. The van der Waals surface area contributed by atoms with Crippen molar-refractivity contribution < 1.29 is 4.79 Å². The second-order valence-corrected chi connectivity index (χ2v) is 8.78. The van der Waals surface area contributed by atoms with Crippen LogP contribution in [0.2, 0.25) is 0 Å². The molecule has 0 saturated heterocycles. The molecule has 0 unspecified atom stereocenters. The topological polar surface area (TPSA) is 68.2 Å². The molecule has 5 nitrogen and oxygen atoms in total. The van der Waals surface area contributed by atoms with Gasteiger partial charge in [0, 0.05) is 24.3 Å². The molecule has 0 spiro atoms. The van der Waals surface area contributed by atoms with Crippen molar-refractivity contribution in [1.82, 2.24) is 10.2 Å². The Morgan fingerprint density at radius 1 is 1.23 bits per heavy atom. The zero-order valence-corrected chi connectivity index (χ0v) is 18.4. The summed E-state index contributed by atoms with van der Waals surface area (Å²) in [5, 5.41) is 16.1. The van der Waals surface area contributed by atoms with Gasteiger partial charge in [0.05, 0.1) is 22.9 Å². The molecule has 2 aliphatic carbocycles. The summed E-state index contributed by atoms with van der Waals surface area (Å²) >= 11 is 0. The third-order valence-corrected chi connectivity index (χ3v) is 7.00. The molecule has 0 radical (unpaired) electrons. The summed E-state index contributed by atoms with van der Waals surface area (Å²) in [5.41, 5.74) is 3.84. The van der Waals surface area contributed by atoms with Crippen LogP contribution >= 0.6 is 0 Å². The smallest absolute Gasteiger partial charge is 0.270 e. The molecule has 2 aromatic rings. The summed E-state index contributed by atoms with van der Waals surface area (Å²) in [7, 11) is 0. The Morgan fingerprint density at radius 3 is 2.68 bits per heavy atom. The fourth-order valence-corrected chi connectivity index (χ4v) is 5.35. The van der Waals surface area contributed by atoms with Crippen LogP contribution in [0.1, 0.15) is 49.3 Å². The van der Waals surface area contributed by atoms with Crippen LogP contribution in [0.15, 0.2) is 60.8 Å². The van der Waals surface area contributed by atoms with E-state index in [1.165, 1.54) is 5.56 Å². The van der Waals surface area contributed by atoms with E-state index < -0.39 is 0 Å². The van der Waals surface area contributed by atoms with E-state index in [2.05, 4.69) is 47.5 Å². The molecule has 2 N–H and O–H groups in total. The second-order valence-electron chi connectivity index (χ2n) is 8.78. The predicted octanol–water partition coefficient (Wildman–Crippen LogP) is 4.50. The number of nitriles is 1. The van der Waals surface area contributed by atoms with Crippen LogP contribution < -0.4 is 10.6 Å². The second kappa shape index (κ2) is 8.20. The van der Waals surface area contributed by atoms with Crippen LogP contribution in [-0.2, 0) is 11.3 Å². The van der Waals surface area contributed by atoms with Gasteiger partial charge in [-0.3, -0.25) is 4.79 Å². The molecule has 2 saturated carbocycles. The molecule has 0 heterocycles. The molecule has 0 bridgehead atoms. The summed E-state index contributed by atoms with van der Waals surface area (Å²) in [6.45, 7) is 9.49. The van der Waals surface area contributed by atoms with E-state index in [9.17, 15) is 4.79 Å². The predicted molar refractivity (Wildman–Crippen MR) is 123 cm³/mol. The molecule has 2 aliphatic rings. The Bertz CT molecular complexity index is 1040. The van der Waals surface area contributed by atoms with Gasteiger partial charge in [-0.2, -0.15) is 5.26 Å². The van der Waals surface area contributed by atoms with Gasteiger partial charge in [-0.15, -0.1) is 0 Å². The highest BCUT2D eigenvalue weighted by atomic mass is 16.2. The molecule has 0 aliphatic heterocycles. The number of benzene rings is 2. The van der Waals surface area contributed by atoms with Gasteiger partial charge in [0.1, 0.15) is 0 Å². The Morgan fingerprint density at radius 2 is 2.00 bits per heavy atom. The van der Waals surface area contributed by atoms with Crippen molar-refractivity contribution in [2.24, 2.45) is 0 Å². The minimum atomic E-state index is -0.127. The average Bonchev–Trinajstić information content (AvgIpc) is 3.28. The lowest BCUT2D eigenvalue weighted by molar-refractivity contribution is -0.130. The molecule has 2 fully saturated rings. The normalized spacial score (nSPS) is 23.5. The van der Waals surface area contributed by atoms with Crippen LogP contribution in [-0.4, -0.2) is 28.4 Å². The molecule has 2 atom stereocenters. The Hall–Kier alpha value is -3.10. The van der Waals surface area contributed by atoms with Gasteiger partial charge in [-0.25, -0.2) is 0 Å². The van der Waals surface area contributed by atoms with Crippen molar-refractivity contribution in [1.29, 1.82) is 5.26 Å². The minimum absolute atomic E-state index is 0.000841. The van der Waals surface area contributed by atoms with Gasteiger partial charge < -0.3 is 15.5 Å². The lowest BCUT2D eigenvalue weighted by Crippen LogP contribution is -2.50. The Balaban J connectivity index is 1.47. The highest BCUT2D eigenvalue weighted by molar-refractivity contribution is 5.97. The number of amides is 1. The minimum Gasteiger partial charge on any atom is -0.351 e. The van der Waals surface area contributed by atoms with Crippen LogP contribution in [0.25, 0.3) is 0 Å². The largest absolute Gasteiger partial charge is 0.351 e. The van der Waals surface area contributed by atoms with Crippen LogP contribution in [0, 0.1) is 18.3 Å². The van der Waals surface area contributed by atoms with Gasteiger partial charge in [0.2, 0.25) is 0 Å². The average molecular weight is 415 g/mol. The summed E-state index contributed by atoms with van der Waals surface area (Å²) in [5.74, 6) is -0.0449. The molecule has 0 aromatic heterocycles. The zero-order chi connectivity index (χ0) is 22.1. The van der Waals surface area contributed by atoms with Gasteiger partial charge >= 0.3 is 0 Å². The number of anilines is 1. The quantitative estimate of drug-likeness (QED) is 0.624.